The average Bonchev–Trinajstić information content (AvgIpc) is 3.14. The first kappa shape index (κ1) is 17.7. The Bertz CT molecular complexity index is 894. The summed E-state index contributed by atoms with van der Waals surface area (Å²) >= 11 is 1.73. The van der Waals surface area contributed by atoms with E-state index in [2.05, 4.69) is 43.1 Å². The van der Waals surface area contributed by atoms with E-state index in [1.165, 1.54) is 15.3 Å². The molecule has 0 aliphatic rings. The highest BCUT2D eigenvalue weighted by Crippen LogP contribution is 2.25. The molecule has 1 amide bonds. The van der Waals surface area contributed by atoms with Crippen LogP contribution in [0.4, 0.5) is 0 Å². The second-order valence-corrected chi connectivity index (χ2v) is 7.78. The molecule has 0 aliphatic carbocycles. The molecule has 0 radical (unpaired) electrons. The van der Waals surface area contributed by atoms with Gasteiger partial charge in [0.2, 0.25) is 0 Å². The van der Waals surface area contributed by atoms with Gasteiger partial charge in [-0.1, -0.05) is 11.6 Å². The number of hydrogen-bond acceptors (Lipinski definition) is 3. The van der Waals surface area contributed by atoms with Crippen molar-refractivity contribution in [1.82, 2.24) is 9.88 Å². The molecule has 132 valence electrons. The first-order chi connectivity index (χ1) is 12.0. The smallest absolute Gasteiger partial charge is 0.270 e. The Morgan fingerprint density at radius 1 is 1.20 bits per heavy atom. The third-order valence-electron chi connectivity index (χ3n) is 4.42. The molecule has 0 bridgehead atoms. The fraction of sp³-hybridized carbons (Fsp3) is 0.350. The van der Waals surface area contributed by atoms with Crippen molar-refractivity contribution < 1.29 is 9.53 Å². The summed E-state index contributed by atoms with van der Waals surface area (Å²) in [6.45, 7) is 7.86. The number of carbonyl (C=O) groups is 1. The molecule has 4 nitrogen and oxygen atoms in total. The summed E-state index contributed by atoms with van der Waals surface area (Å²) in [5.41, 5.74) is 3.88. The molecule has 1 N–H and O–H groups in total. The van der Waals surface area contributed by atoms with Crippen molar-refractivity contribution in [3.8, 4) is 0 Å². The lowest BCUT2D eigenvalue weighted by molar-refractivity contribution is 0.0677. The first-order valence-electron chi connectivity index (χ1n) is 8.42. The third-order valence-corrected chi connectivity index (χ3v) is 5.41. The summed E-state index contributed by atoms with van der Waals surface area (Å²) in [7, 11) is 1.66. The fourth-order valence-electron chi connectivity index (χ4n) is 3.02. The Morgan fingerprint density at radius 2 is 2.00 bits per heavy atom. The normalized spacial score (nSPS) is 11.2. The Labute approximate surface area is 152 Å². The van der Waals surface area contributed by atoms with Gasteiger partial charge in [0, 0.05) is 34.3 Å². The van der Waals surface area contributed by atoms with Crippen molar-refractivity contribution in [3.05, 3.63) is 56.9 Å². The maximum atomic E-state index is 13.2. The first-order valence-corrected chi connectivity index (χ1v) is 9.23. The molecular formula is C20H24N2O2S. The van der Waals surface area contributed by atoms with Crippen molar-refractivity contribution in [2.24, 2.45) is 0 Å². The molecule has 3 aromatic rings. The molecule has 0 saturated carbocycles. The quantitative estimate of drug-likeness (QED) is 0.709. The lowest BCUT2D eigenvalue weighted by Crippen LogP contribution is -2.33. The second-order valence-electron chi connectivity index (χ2n) is 6.41. The van der Waals surface area contributed by atoms with Gasteiger partial charge in [0.1, 0.15) is 5.69 Å². The van der Waals surface area contributed by atoms with Crippen molar-refractivity contribution >= 4 is 28.1 Å². The number of benzene rings is 1. The van der Waals surface area contributed by atoms with Crippen molar-refractivity contribution in [2.75, 3.05) is 20.3 Å². The van der Waals surface area contributed by atoms with Crippen LogP contribution in [-0.2, 0) is 11.3 Å². The summed E-state index contributed by atoms with van der Waals surface area (Å²) in [5.74, 6) is 0.0226. The SMILES string of the molecule is COCCN(Cc1ccc(C)s1)C(=O)c1[nH]c2ccc(C)cc2c1C. The maximum absolute atomic E-state index is 13.2. The van der Waals surface area contributed by atoms with Gasteiger partial charge in [0.25, 0.3) is 5.91 Å². The van der Waals surface area contributed by atoms with Crippen molar-refractivity contribution in [3.63, 3.8) is 0 Å². The predicted molar refractivity (Wildman–Crippen MR) is 103 cm³/mol. The zero-order valence-corrected chi connectivity index (χ0v) is 16.0. The highest BCUT2D eigenvalue weighted by atomic mass is 32.1. The zero-order valence-electron chi connectivity index (χ0n) is 15.2. The number of ether oxygens (including phenoxy) is 1. The van der Waals surface area contributed by atoms with Gasteiger partial charge in [-0.05, 0) is 50.6 Å². The van der Waals surface area contributed by atoms with E-state index in [1.54, 1.807) is 18.4 Å². The van der Waals surface area contributed by atoms with E-state index >= 15 is 0 Å². The lowest BCUT2D eigenvalue weighted by atomic mass is 10.1. The van der Waals surface area contributed by atoms with Crippen LogP contribution >= 0.6 is 11.3 Å². The van der Waals surface area contributed by atoms with Gasteiger partial charge >= 0.3 is 0 Å². The van der Waals surface area contributed by atoms with Gasteiger partial charge in [-0.25, -0.2) is 0 Å². The number of H-pyrrole nitrogens is 1. The van der Waals surface area contributed by atoms with E-state index < -0.39 is 0 Å². The van der Waals surface area contributed by atoms with E-state index in [-0.39, 0.29) is 5.91 Å². The molecule has 25 heavy (non-hydrogen) atoms. The van der Waals surface area contributed by atoms with Crippen molar-refractivity contribution in [1.29, 1.82) is 0 Å². The molecule has 2 aromatic heterocycles. The van der Waals surface area contributed by atoms with Crippen LogP contribution in [-0.4, -0.2) is 36.1 Å². The lowest BCUT2D eigenvalue weighted by Gasteiger charge is -2.21. The van der Waals surface area contributed by atoms with Crippen LogP contribution in [0, 0.1) is 20.8 Å². The second kappa shape index (κ2) is 7.42. The Hall–Kier alpha value is -2.11. The third kappa shape index (κ3) is 3.78. The number of rotatable bonds is 6. The highest BCUT2D eigenvalue weighted by Gasteiger charge is 2.21. The molecule has 0 unspecified atom stereocenters. The number of fused-ring (bicyclic) bond motifs is 1. The average molecular weight is 356 g/mol. The Kier molecular flexibility index (Phi) is 5.25. The number of thiophene rings is 1. The number of aryl methyl sites for hydroxylation is 3. The minimum Gasteiger partial charge on any atom is -0.383 e. The number of nitrogens with one attached hydrogen (secondary N) is 1. The summed E-state index contributed by atoms with van der Waals surface area (Å²) in [6.07, 6.45) is 0. The monoisotopic (exact) mass is 356 g/mol. The van der Waals surface area contributed by atoms with Gasteiger partial charge in [-0.2, -0.15) is 0 Å². The molecule has 0 aliphatic heterocycles. The van der Waals surface area contributed by atoms with Gasteiger partial charge < -0.3 is 14.6 Å². The van der Waals surface area contributed by atoms with E-state index in [1.807, 2.05) is 17.9 Å². The maximum Gasteiger partial charge on any atom is 0.270 e. The van der Waals surface area contributed by atoms with Gasteiger partial charge in [0.15, 0.2) is 0 Å². The van der Waals surface area contributed by atoms with Crippen LogP contribution in [0.1, 0.15) is 31.4 Å². The largest absolute Gasteiger partial charge is 0.383 e. The number of aromatic amines is 1. The van der Waals surface area contributed by atoms with Gasteiger partial charge in [-0.15, -0.1) is 11.3 Å². The number of carbonyl (C=O) groups excluding carboxylic acids is 1. The number of aromatic nitrogens is 1. The molecule has 2 heterocycles. The Morgan fingerprint density at radius 3 is 2.68 bits per heavy atom. The van der Waals surface area contributed by atoms with E-state index in [0.717, 1.165) is 16.5 Å². The van der Waals surface area contributed by atoms with Crippen molar-refractivity contribution in [2.45, 2.75) is 27.3 Å². The summed E-state index contributed by atoms with van der Waals surface area (Å²) < 4.78 is 5.21. The topological polar surface area (TPSA) is 45.3 Å². The van der Waals surface area contributed by atoms with Gasteiger partial charge in [0.05, 0.1) is 13.2 Å². The number of nitrogens with zero attached hydrogens (tertiary/aromatic N) is 1. The minimum absolute atomic E-state index is 0.0226. The number of methoxy groups -OCH3 is 1. The highest BCUT2D eigenvalue weighted by molar-refractivity contribution is 7.11. The molecule has 5 heteroatoms. The van der Waals surface area contributed by atoms with Crippen LogP contribution in [0.25, 0.3) is 10.9 Å². The molecule has 0 fully saturated rings. The Balaban J connectivity index is 1.92. The van der Waals surface area contributed by atoms with Crippen LogP contribution in [0.2, 0.25) is 0 Å². The minimum atomic E-state index is 0.0226. The molecule has 0 saturated heterocycles. The van der Waals surface area contributed by atoms with Crippen LogP contribution in [0.3, 0.4) is 0 Å². The fourth-order valence-corrected chi connectivity index (χ4v) is 3.93. The molecule has 1 aromatic carbocycles. The zero-order chi connectivity index (χ0) is 18.0. The molecule has 0 spiro atoms. The van der Waals surface area contributed by atoms with Crippen LogP contribution in [0.5, 0.6) is 0 Å². The predicted octanol–water partition coefficient (Wildman–Crippen LogP) is 4.44. The van der Waals surface area contributed by atoms with E-state index in [0.29, 0.717) is 25.4 Å². The van der Waals surface area contributed by atoms with E-state index in [9.17, 15) is 4.79 Å². The molecule has 3 rings (SSSR count). The number of hydrogen-bond donors (Lipinski definition) is 1. The van der Waals surface area contributed by atoms with Gasteiger partial charge in [-0.3, -0.25) is 4.79 Å². The molecule has 0 atom stereocenters. The van der Waals surface area contributed by atoms with Crippen LogP contribution < -0.4 is 0 Å². The molecular weight excluding hydrogens is 332 g/mol. The standard InChI is InChI=1S/C20H24N2O2S/c1-13-5-8-18-17(11-13)15(3)19(21-18)20(23)22(9-10-24-4)12-16-7-6-14(2)25-16/h5-8,11,21H,9-10,12H2,1-4H3. The summed E-state index contributed by atoms with van der Waals surface area (Å²) in [4.78, 5) is 20.8. The summed E-state index contributed by atoms with van der Waals surface area (Å²) in [6, 6.07) is 10.4. The number of amides is 1. The van der Waals surface area contributed by atoms with E-state index in [4.69, 9.17) is 4.74 Å². The summed E-state index contributed by atoms with van der Waals surface area (Å²) in [5, 5.41) is 1.11. The van der Waals surface area contributed by atoms with Crippen LogP contribution in [0.15, 0.2) is 30.3 Å².